The van der Waals surface area contributed by atoms with Crippen LogP contribution in [0.3, 0.4) is 0 Å². The molecule has 1 heterocycles. The smallest absolute Gasteiger partial charge is 0.335 e. The predicted octanol–water partition coefficient (Wildman–Crippen LogP) is 2.40. The van der Waals surface area contributed by atoms with E-state index in [0.29, 0.717) is 24.7 Å². The number of aromatic nitrogens is 2. The first kappa shape index (κ1) is 14.9. The Labute approximate surface area is 122 Å². The quantitative estimate of drug-likeness (QED) is 0.884. The summed E-state index contributed by atoms with van der Waals surface area (Å²) in [7, 11) is 1.85. The van der Waals surface area contributed by atoms with Gasteiger partial charge < -0.3 is 14.6 Å². The molecule has 1 N–H and O–H groups in total. The van der Waals surface area contributed by atoms with Crippen LogP contribution in [-0.2, 0) is 13.7 Å². The van der Waals surface area contributed by atoms with Crippen LogP contribution in [0.2, 0.25) is 0 Å². The van der Waals surface area contributed by atoms with E-state index >= 15 is 0 Å². The maximum Gasteiger partial charge on any atom is 0.335 e. The molecule has 0 aliphatic rings. The zero-order chi connectivity index (χ0) is 15.4. The molecule has 0 saturated carbocycles. The molecule has 0 unspecified atom stereocenters. The second-order valence-electron chi connectivity index (χ2n) is 4.59. The Balaban J connectivity index is 2.18. The summed E-state index contributed by atoms with van der Waals surface area (Å²) in [5.74, 6) is -0.0539. The number of benzene rings is 1. The maximum atomic E-state index is 11.0. The lowest BCUT2D eigenvalue weighted by atomic mass is 10.2. The number of ether oxygens (including phenoxy) is 2. The predicted molar refractivity (Wildman–Crippen MR) is 76.8 cm³/mol. The molecule has 0 spiro atoms. The summed E-state index contributed by atoms with van der Waals surface area (Å²) in [4.78, 5) is 11.0. The summed E-state index contributed by atoms with van der Waals surface area (Å²) < 4.78 is 12.9. The second kappa shape index (κ2) is 6.30. The van der Waals surface area contributed by atoms with E-state index in [1.54, 1.807) is 10.7 Å². The topological polar surface area (TPSA) is 73.6 Å². The fourth-order valence-electron chi connectivity index (χ4n) is 1.98. The molecule has 0 amide bonds. The number of carboxylic acids is 1. The first-order valence-electron chi connectivity index (χ1n) is 6.63. The fourth-order valence-corrected chi connectivity index (χ4v) is 1.98. The lowest BCUT2D eigenvalue weighted by Crippen LogP contribution is -2.05. The van der Waals surface area contributed by atoms with Crippen LogP contribution in [0, 0.1) is 6.92 Å². The highest BCUT2D eigenvalue weighted by molar-refractivity contribution is 5.88. The summed E-state index contributed by atoms with van der Waals surface area (Å²) in [5.41, 5.74) is 2.02. The van der Waals surface area contributed by atoms with E-state index in [0.717, 1.165) is 11.4 Å². The normalized spacial score (nSPS) is 10.4. The van der Waals surface area contributed by atoms with Gasteiger partial charge in [0.05, 0.1) is 23.6 Å². The van der Waals surface area contributed by atoms with Gasteiger partial charge in [0.1, 0.15) is 6.61 Å². The van der Waals surface area contributed by atoms with Gasteiger partial charge in [-0.25, -0.2) is 4.79 Å². The van der Waals surface area contributed by atoms with E-state index in [4.69, 9.17) is 14.6 Å². The number of rotatable bonds is 6. The molecule has 0 bridgehead atoms. The molecule has 0 aliphatic carbocycles. The van der Waals surface area contributed by atoms with Gasteiger partial charge in [-0.3, -0.25) is 4.68 Å². The van der Waals surface area contributed by atoms with Crippen molar-refractivity contribution in [3.63, 3.8) is 0 Å². The van der Waals surface area contributed by atoms with Crippen LogP contribution in [0.25, 0.3) is 0 Å². The lowest BCUT2D eigenvalue weighted by Gasteiger charge is -2.12. The molecule has 0 fully saturated rings. The van der Waals surface area contributed by atoms with Crippen LogP contribution in [0.5, 0.6) is 11.5 Å². The molecule has 112 valence electrons. The minimum atomic E-state index is -0.996. The van der Waals surface area contributed by atoms with Crippen molar-refractivity contribution in [3.8, 4) is 11.5 Å². The number of carbonyl (C=O) groups is 1. The standard InChI is InChI=1S/C15H18N2O4/c1-4-20-14-8-11(15(18)19)5-6-13(14)21-9-12-7-10(2)16-17(12)3/h5-8H,4,9H2,1-3H3,(H,18,19). The molecule has 6 nitrogen and oxygen atoms in total. The van der Waals surface area contributed by atoms with Gasteiger partial charge in [0.15, 0.2) is 11.5 Å². The van der Waals surface area contributed by atoms with Crippen molar-refractivity contribution in [3.05, 3.63) is 41.2 Å². The van der Waals surface area contributed by atoms with E-state index in [1.165, 1.54) is 12.1 Å². The van der Waals surface area contributed by atoms with E-state index in [1.807, 2.05) is 27.0 Å². The van der Waals surface area contributed by atoms with Gasteiger partial charge in [-0.2, -0.15) is 5.10 Å². The van der Waals surface area contributed by atoms with Crippen LogP contribution in [-0.4, -0.2) is 27.5 Å². The van der Waals surface area contributed by atoms with Crippen LogP contribution < -0.4 is 9.47 Å². The molecule has 2 rings (SSSR count). The average molecular weight is 290 g/mol. The summed E-state index contributed by atoms with van der Waals surface area (Å²) in [6.07, 6.45) is 0. The number of aromatic carboxylic acids is 1. The van der Waals surface area contributed by atoms with Crippen molar-refractivity contribution in [2.24, 2.45) is 7.05 Å². The van der Waals surface area contributed by atoms with E-state index in [-0.39, 0.29) is 5.56 Å². The summed E-state index contributed by atoms with van der Waals surface area (Å²) in [5, 5.41) is 13.3. The molecule has 6 heteroatoms. The molecule has 0 radical (unpaired) electrons. The highest BCUT2D eigenvalue weighted by Gasteiger charge is 2.11. The van der Waals surface area contributed by atoms with Crippen molar-refractivity contribution in [2.45, 2.75) is 20.5 Å². The van der Waals surface area contributed by atoms with Crippen LogP contribution in [0.15, 0.2) is 24.3 Å². The van der Waals surface area contributed by atoms with Crippen LogP contribution in [0.4, 0.5) is 0 Å². The Morgan fingerprint density at radius 1 is 1.29 bits per heavy atom. The SMILES string of the molecule is CCOc1cc(C(=O)O)ccc1OCc1cc(C)nn1C. The van der Waals surface area contributed by atoms with Crippen molar-refractivity contribution in [1.29, 1.82) is 0 Å². The zero-order valence-corrected chi connectivity index (χ0v) is 12.3. The molecule has 21 heavy (non-hydrogen) atoms. The minimum Gasteiger partial charge on any atom is -0.490 e. The molecule has 2 aromatic rings. The first-order valence-corrected chi connectivity index (χ1v) is 6.63. The Morgan fingerprint density at radius 2 is 2.05 bits per heavy atom. The Kier molecular flexibility index (Phi) is 4.47. The first-order chi connectivity index (χ1) is 10.0. The third-order valence-corrected chi connectivity index (χ3v) is 2.96. The molecule has 1 aromatic heterocycles. The van der Waals surface area contributed by atoms with Crippen molar-refractivity contribution >= 4 is 5.97 Å². The Bertz CT molecular complexity index is 649. The van der Waals surface area contributed by atoms with Crippen molar-refractivity contribution in [2.75, 3.05) is 6.61 Å². The lowest BCUT2D eigenvalue weighted by molar-refractivity contribution is 0.0696. The average Bonchev–Trinajstić information content (AvgIpc) is 2.75. The van der Waals surface area contributed by atoms with Gasteiger partial charge in [0, 0.05) is 7.05 Å². The molecular weight excluding hydrogens is 272 g/mol. The second-order valence-corrected chi connectivity index (χ2v) is 4.59. The summed E-state index contributed by atoms with van der Waals surface area (Å²) in [6, 6.07) is 6.51. The molecule has 0 saturated heterocycles. The van der Waals surface area contributed by atoms with Crippen molar-refractivity contribution < 1.29 is 19.4 Å². The van der Waals surface area contributed by atoms with Crippen LogP contribution in [0.1, 0.15) is 28.7 Å². The fraction of sp³-hybridized carbons (Fsp3) is 0.333. The molecular formula is C15H18N2O4. The third-order valence-electron chi connectivity index (χ3n) is 2.96. The number of hydrogen-bond acceptors (Lipinski definition) is 4. The maximum absolute atomic E-state index is 11.0. The van der Waals surface area contributed by atoms with Gasteiger partial charge in [0.25, 0.3) is 0 Å². The number of nitrogens with zero attached hydrogens (tertiary/aromatic N) is 2. The number of carboxylic acid groups (broad SMARTS) is 1. The highest BCUT2D eigenvalue weighted by Crippen LogP contribution is 2.29. The monoisotopic (exact) mass is 290 g/mol. The summed E-state index contributed by atoms with van der Waals surface area (Å²) in [6.45, 7) is 4.52. The number of aryl methyl sites for hydroxylation is 2. The van der Waals surface area contributed by atoms with E-state index < -0.39 is 5.97 Å². The van der Waals surface area contributed by atoms with Crippen molar-refractivity contribution in [1.82, 2.24) is 9.78 Å². The van der Waals surface area contributed by atoms with Gasteiger partial charge in [0.2, 0.25) is 0 Å². The third kappa shape index (κ3) is 3.53. The minimum absolute atomic E-state index is 0.169. The molecule has 0 atom stereocenters. The molecule has 0 aliphatic heterocycles. The van der Waals surface area contributed by atoms with Gasteiger partial charge in [-0.1, -0.05) is 0 Å². The summed E-state index contributed by atoms with van der Waals surface area (Å²) >= 11 is 0. The van der Waals surface area contributed by atoms with Gasteiger partial charge in [-0.05, 0) is 38.1 Å². The Morgan fingerprint density at radius 3 is 2.62 bits per heavy atom. The largest absolute Gasteiger partial charge is 0.490 e. The number of hydrogen-bond donors (Lipinski definition) is 1. The zero-order valence-electron chi connectivity index (χ0n) is 12.3. The highest BCUT2D eigenvalue weighted by atomic mass is 16.5. The molecule has 1 aromatic carbocycles. The van der Waals surface area contributed by atoms with E-state index in [9.17, 15) is 4.79 Å². The Hall–Kier alpha value is -2.50. The van der Waals surface area contributed by atoms with Crippen LogP contribution >= 0.6 is 0 Å². The van der Waals surface area contributed by atoms with Gasteiger partial charge >= 0.3 is 5.97 Å². The van der Waals surface area contributed by atoms with Gasteiger partial charge in [-0.15, -0.1) is 0 Å². The van der Waals surface area contributed by atoms with E-state index in [2.05, 4.69) is 5.10 Å².